The minimum absolute atomic E-state index is 0.0158. The molecule has 6 N–H and O–H groups in total. The molecule has 4 aliphatic rings. The quantitative estimate of drug-likeness (QED) is 0.196. The molecule has 1 amide bonds. The molecule has 3 fully saturated rings. The van der Waals surface area contributed by atoms with E-state index in [1.165, 1.54) is 0 Å². The fourth-order valence-corrected chi connectivity index (χ4v) is 9.41. The zero-order valence-corrected chi connectivity index (χ0v) is 28.5. The molecule has 49 heavy (non-hydrogen) atoms. The van der Waals surface area contributed by atoms with Crippen molar-refractivity contribution in [3.63, 3.8) is 0 Å². The molecule has 0 spiro atoms. The molecule has 9 unspecified atom stereocenters. The van der Waals surface area contributed by atoms with Gasteiger partial charge in [0.1, 0.15) is 17.8 Å². The molecule has 11 heteroatoms. The summed E-state index contributed by atoms with van der Waals surface area (Å²) in [5.41, 5.74) is -4.61. The number of esters is 1. The fourth-order valence-electron chi connectivity index (χ4n) is 9.41. The normalized spacial score (nSPS) is 38.0. The van der Waals surface area contributed by atoms with Crippen molar-refractivity contribution in [3.05, 3.63) is 82.9 Å². The zero-order valence-electron chi connectivity index (χ0n) is 28.5. The van der Waals surface area contributed by atoms with Gasteiger partial charge in [0.15, 0.2) is 11.9 Å². The largest absolute Gasteiger partial charge is 0.456 e. The van der Waals surface area contributed by atoms with Crippen LogP contribution < -0.4 is 5.32 Å². The summed E-state index contributed by atoms with van der Waals surface area (Å²) in [5, 5.41) is 61.9. The summed E-state index contributed by atoms with van der Waals surface area (Å²) in [6.45, 7) is 8.41. The number of ether oxygens (including phenoxy) is 2. The number of Topliss-reactive ketones (excluding diaryl/α,β-unsaturated/α-hetero) is 1. The van der Waals surface area contributed by atoms with Crippen LogP contribution in [0.5, 0.6) is 0 Å². The summed E-state index contributed by atoms with van der Waals surface area (Å²) < 4.78 is 11.5. The lowest BCUT2D eigenvalue weighted by Crippen LogP contribution is -2.75. The Morgan fingerprint density at radius 3 is 2.18 bits per heavy atom. The smallest absolute Gasteiger partial charge is 0.338 e. The first-order chi connectivity index (χ1) is 23.0. The van der Waals surface area contributed by atoms with Crippen LogP contribution in [-0.4, -0.2) is 91.5 Å². The number of carbonyl (C=O) groups is 3. The number of hydrogen-bond acceptors (Lipinski definition) is 10. The highest BCUT2D eigenvalue weighted by atomic mass is 16.6. The molecule has 0 aromatic heterocycles. The Morgan fingerprint density at radius 2 is 1.59 bits per heavy atom. The lowest BCUT2D eigenvalue weighted by atomic mass is 9.50. The number of aliphatic hydroxyl groups is 5. The standard InChI is InChI=1S/C38H47NO10/c1-20-17-37(46)18-24(49-34(45)30(42)28(22-12-8-6-9-13-22)39-33(44)23-14-10-7-11-15-23)21(2)27(35(37,3)4)29(41)32(43)36(5)25(40)16-26-38(47,19-48-26)31(20)36/h6-15,20,24-26,28-31,40-42,46-47H,16-19H2,1-5H3,(H,39,44)/t20?,24?,25?,26?,28?,29?,30?,31?,36-,37?,38+/m1/s1. The molecule has 1 saturated heterocycles. The number of amides is 1. The van der Waals surface area contributed by atoms with E-state index in [4.69, 9.17) is 9.47 Å². The van der Waals surface area contributed by atoms with Gasteiger partial charge in [-0.1, -0.05) is 69.3 Å². The third kappa shape index (κ3) is 5.46. The Balaban J connectivity index is 1.35. The molecular weight excluding hydrogens is 630 g/mol. The molecular formula is C38H47NO10. The summed E-state index contributed by atoms with van der Waals surface area (Å²) in [6, 6.07) is 15.7. The lowest BCUT2D eigenvalue weighted by molar-refractivity contribution is -0.323. The van der Waals surface area contributed by atoms with Crippen molar-refractivity contribution < 1.29 is 49.4 Å². The number of carbonyl (C=O) groups excluding carboxylic acids is 3. The predicted octanol–water partition coefficient (Wildman–Crippen LogP) is 2.39. The summed E-state index contributed by atoms with van der Waals surface area (Å²) in [7, 11) is 0. The number of rotatable bonds is 6. The third-order valence-electron chi connectivity index (χ3n) is 12.2. The van der Waals surface area contributed by atoms with Crippen molar-refractivity contribution in [2.45, 2.75) is 102 Å². The Bertz CT molecular complexity index is 1640. The van der Waals surface area contributed by atoms with Crippen molar-refractivity contribution in [1.82, 2.24) is 5.32 Å². The van der Waals surface area contributed by atoms with Gasteiger partial charge in [-0.15, -0.1) is 0 Å². The van der Waals surface area contributed by atoms with Gasteiger partial charge >= 0.3 is 5.97 Å². The third-order valence-corrected chi connectivity index (χ3v) is 12.2. The maximum Gasteiger partial charge on any atom is 0.338 e. The van der Waals surface area contributed by atoms with Gasteiger partial charge in [-0.3, -0.25) is 9.59 Å². The second-order valence-corrected chi connectivity index (χ2v) is 15.3. The predicted molar refractivity (Wildman–Crippen MR) is 177 cm³/mol. The minimum atomic E-state index is -1.86. The Hall–Kier alpha value is -3.45. The Labute approximate surface area is 285 Å². The highest BCUT2D eigenvalue weighted by Crippen LogP contribution is 2.61. The van der Waals surface area contributed by atoms with Crippen molar-refractivity contribution in [2.24, 2.45) is 22.7 Å². The van der Waals surface area contributed by atoms with E-state index in [-0.39, 0.29) is 31.4 Å². The first-order valence-corrected chi connectivity index (χ1v) is 16.9. The van der Waals surface area contributed by atoms with Crippen molar-refractivity contribution >= 4 is 17.7 Å². The summed E-state index contributed by atoms with van der Waals surface area (Å²) in [5.74, 6) is -3.68. The van der Waals surface area contributed by atoms with E-state index in [0.29, 0.717) is 16.7 Å². The number of nitrogens with one attached hydrogen (secondary N) is 1. The maximum atomic E-state index is 14.5. The van der Waals surface area contributed by atoms with Crippen LogP contribution in [0.3, 0.4) is 0 Å². The van der Waals surface area contributed by atoms with E-state index < -0.39 is 88.1 Å². The first-order valence-electron chi connectivity index (χ1n) is 16.9. The molecule has 1 aliphatic heterocycles. The van der Waals surface area contributed by atoms with Crippen molar-refractivity contribution in [2.75, 3.05) is 6.61 Å². The molecule has 0 radical (unpaired) electrons. The SMILES string of the molecule is CC1=C2C(O)C(=O)[C@]3(C)C(O)CC4OC[C@@]4(O)C3C(C)CC(O)(CC1OC(=O)C(O)C(NC(=O)c1ccccc1)c1ccccc1)C2(C)C. The topological polar surface area (TPSA) is 183 Å². The molecule has 264 valence electrons. The monoisotopic (exact) mass is 677 g/mol. The van der Waals surface area contributed by atoms with Gasteiger partial charge in [0.05, 0.1) is 35.9 Å². The van der Waals surface area contributed by atoms with Crippen LogP contribution in [0.2, 0.25) is 0 Å². The van der Waals surface area contributed by atoms with Crippen LogP contribution in [0.15, 0.2) is 71.8 Å². The number of aliphatic hydroxyl groups excluding tert-OH is 3. The highest BCUT2D eigenvalue weighted by molar-refractivity contribution is 5.95. The van der Waals surface area contributed by atoms with Gasteiger partial charge in [0.25, 0.3) is 5.91 Å². The number of fused-ring (bicyclic) bond motifs is 5. The molecule has 6 rings (SSSR count). The second-order valence-electron chi connectivity index (χ2n) is 15.3. The van der Waals surface area contributed by atoms with Crippen LogP contribution in [0.1, 0.15) is 75.8 Å². The van der Waals surface area contributed by atoms with Crippen LogP contribution in [0.25, 0.3) is 0 Å². The van der Waals surface area contributed by atoms with Crippen LogP contribution >= 0.6 is 0 Å². The van der Waals surface area contributed by atoms with E-state index >= 15 is 0 Å². The maximum absolute atomic E-state index is 14.5. The average Bonchev–Trinajstić information content (AvgIpc) is 3.07. The Morgan fingerprint density at radius 1 is 0.980 bits per heavy atom. The minimum Gasteiger partial charge on any atom is -0.456 e. The summed E-state index contributed by atoms with van der Waals surface area (Å²) in [6.07, 6.45) is -6.82. The molecule has 2 aromatic rings. The molecule has 2 aromatic carbocycles. The van der Waals surface area contributed by atoms with Crippen LogP contribution in [0, 0.1) is 22.7 Å². The number of hydrogen-bond donors (Lipinski definition) is 6. The lowest BCUT2D eigenvalue weighted by Gasteiger charge is -2.62. The molecule has 1 heterocycles. The Kier molecular flexibility index (Phi) is 8.95. The van der Waals surface area contributed by atoms with E-state index in [0.717, 1.165) is 0 Å². The fraction of sp³-hybridized carbons (Fsp3) is 0.553. The summed E-state index contributed by atoms with van der Waals surface area (Å²) in [4.78, 5) is 41.4. The molecule has 3 aliphatic carbocycles. The highest BCUT2D eigenvalue weighted by Gasteiger charge is 2.71. The van der Waals surface area contributed by atoms with Gasteiger partial charge < -0.3 is 40.3 Å². The molecule has 11 nitrogen and oxygen atoms in total. The molecule has 11 atom stereocenters. The summed E-state index contributed by atoms with van der Waals surface area (Å²) >= 11 is 0. The van der Waals surface area contributed by atoms with Gasteiger partial charge in [-0.05, 0) is 55.0 Å². The molecule has 2 saturated carbocycles. The van der Waals surface area contributed by atoms with E-state index in [1.54, 1.807) is 88.4 Å². The van der Waals surface area contributed by atoms with E-state index in [2.05, 4.69) is 5.32 Å². The van der Waals surface area contributed by atoms with E-state index in [9.17, 15) is 39.9 Å². The van der Waals surface area contributed by atoms with Gasteiger partial charge in [0.2, 0.25) is 0 Å². The van der Waals surface area contributed by atoms with Crippen molar-refractivity contribution in [1.29, 1.82) is 0 Å². The first kappa shape index (κ1) is 35.4. The van der Waals surface area contributed by atoms with E-state index in [1.807, 2.05) is 6.92 Å². The molecule has 2 bridgehead atoms. The second kappa shape index (κ2) is 12.4. The van der Waals surface area contributed by atoms with Gasteiger partial charge in [-0.25, -0.2) is 4.79 Å². The zero-order chi connectivity index (χ0) is 35.7. The van der Waals surface area contributed by atoms with Gasteiger partial charge in [-0.2, -0.15) is 0 Å². The van der Waals surface area contributed by atoms with Crippen molar-refractivity contribution in [3.8, 4) is 0 Å². The number of benzene rings is 2. The average molecular weight is 678 g/mol. The van der Waals surface area contributed by atoms with Gasteiger partial charge in [0, 0.05) is 29.7 Å². The van der Waals surface area contributed by atoms with Crippen LogP contribution in [0.4, 0.5) is 0 Å². The number of ketones is 1. The van der Waals surface area contributed by atoms with Crippen LogP contribution in [-0.2, 0) is 19.1 Å².